The lowest BCUT2D eigenvalue weighted by molar-refractivity contribution is -0.120. The molecule has 0 bridgehead atoms. The molecular formula is C27H30IN5O2. The summed E-state index contributed by atoms with van der Waals surface area (Å²) in [5, 5.41) is 6.69. The Bertz CT molecular complexity index is 1210. The summed E-state index contributed by atoms with van der Waals surface area (Å²) in [5.41, 5.74) is 3.65. The predicted molar refractivity (Wildman–Crippen MR) is 147 cm³/mol. The monoisotopic (exact) mass is 583 g/mol. The van der Waals surface area contributed by atoms with E-state index < -0.39 is 5.54 Å². The third-order valence-electron chi connectivity index (χ3n) is 6.79. The molecule has 1 amide bonds. The number of halogens is 1. The molecule has 1 atom stereocenters. The molecule has 0 aliphatic carbocycles. The van der Waals surface area contributed by atoms with Crippen LogP contribution in [-0.4, -0.2) is 55.6 Å². The van der Waals surface area contributed by atoms with Gasteiger partial charge in [0.15, 0.2) is 5.54 Å². The van der Waals surface area contributed by atoms with Crippen molar-refractivity contribution in [1.82, 2.24) is 15.2 Å². The molecule has 1 aromatic heterocycles. The molecule has 1 unspecified atom stereocenters. The number of pyridine rings is 1. The summed E-state index contributed by atoms with van der Waals surface area (Å²) in [4.78, 5) is 22.9. The minimum absolute atomic E-state index is 0.127. The van der Waals surface area contributed by atoms with E-state index >= 15 is 0 Å². The van der Waals surface area contributed by atoms with Crippen LogP contribution in [0, 0.1) is 3.57 Å². The first kappa shape index (κ1) is 24.0. The quantitative estimate of drug-likeness (QED) is 0.413. The average molecular weight is 583 g/mol. The molecule has 8 heteroatoms. The Morgan fingerprint density at radius 2 is 1.86 bits per heavy atom. The number of amides is 1. The van der Waals surface area contributed by atoms with Crippen LogP contribution < -0.4 is 20.3 Å². The molecular weight excluding hydrogens is 553 g/mol. The lowest BCUT2D eigenvalue weighted by Gasteiger charge is -2.34. The van der Waals surface area contributed by atoms with Crippen LogP contribution in [-0.2, 0) is 16.9 Å². The van der Waals surface area contributed by atoms with Crippen molar-refractivity contribution in [2.24, 2.45) is 0 Å². The Morgan fingerprint density at radius 3 is 2.60 bits per heavy atom. The number of nitrogens with zero attached hydrogens (tertiary/aromatic N) is 3. The van der Waals surface area contributed by atoms with E-state index in [4.69, 9.17) is 4.74 Å². The molecule has 1 saturated heterocycles. The molecule has 1 fully saturated rings. The summed E-state index contributed by atoms with van der Waals surface area (Å²) in [6.07, 6.45) is 1.70. The molecule has 182 valence electrons. The minimum atomic E-state index is -1.11. The van der Waals surface area contributed by atoms with Crippen molar-refractivity contribution in [3.8, 4) is 5.88 Å². The molecule has 2 aliphatic rings. The maximum Gasteiger partial charge on any atom is 0.254 e. The van der Waals surface area contributed by atoms with Gasteiger partial charge in [0.2, 0.25) is 5.88 Å². The lowest BCUT2D eigenvalue weighted by Crippen LogP contribution is -2.49. The first-order valence-corrected chi connectivity index (χ1v) is 13.1. The number of likely N-dealkylation sites (N-methyl/N-ethyl adjacent to an activating group) is 1. The normalized spacial score (nSPS) is 20.0. The fourth-order valence-corrected chi connectivity index (χ4v) is 5.36. The Balaban J connectivity index is 1.47. The summed E-state index contributed by atoms with van der Waals surface area (Å²) in [7, 11) is 2.17. The molecule has 0 radical (unpaired) electrons. The van der Waals surface area contributed by atoms with Gasteiger partial charge in [0.05, 0.1) is 6.61 Å². The average Bonchev–Trinajstić information content (AvgIpc) is 3.15. The standard InChI is InChI=1S/C27H30IN5O2/c1-3-35-25-22(5-4-12-29-25)27(23-17-20(28)8-11-24(23)31-26(27)34)30-18-19-6-9-21(10-7-19)33-15-13-32(2)14-16-33/h4-12,17,30H,3,13-16,18H2,1-2H3,(H,31,34). The molecule has 2 aromatic carbocycles. The number of aromatic nitrogens is 1. The highest BCUT2D eigenvalue weighted by atomic mass is 127. The first-order valence-electron chi connectivity index (χ1n) is 12.0. The van der Waals surface area contributed by atoms with Gasteiger partial charge in [0.25, 0.3) is 5.91 Å². The number of ether oxygens (including phenoxy) is 1. The second kappa shape index (κ2) is 10.1. The summed E-state index contributed by atoms with van der Waals surface area (Å²) >= 11 is 2.29. The fraction of sp³-hybridized carbons (Fsp3) is 0.333. The van der Waals surface area contributed by atoms with E-state index in [2.05, 4.69) is 85.4 Å². The highest BCUT2D eigenvalue weighted by molar-refractivity contribution is 14.1. The second-order valence-corrected chi connectivity index (χ2v) is 10.2. The topological polar surface area (TPSA) is 69.7 Å². The van der Waals surface area contributed by atoms with Crippen LogP contribution in [0.1, 0.15) is 23.6 Å². The maximum absolute atomic E-state index is 13.7. The van der Waals surface area contributed by atoms with Crippen molar-refractivity contribution in [2.45, 2.75) is 19.0 Å². The largest absolute Gasteiger partial charge is 0.478 e. The number of benzene rings is 2. The Labute approximate surface area is 220 Å². The Hall–Kier alpha value is -2.69. The fourth-order valence-electron chi connectivity index (χ4n) is 4.86. The second-order valence-electron chi connectivity index (χ2n) is 8.99. The number of piperazine rings is 1. The van der Waals surface area contributed by atoms with E-state index in [9.17, 15) is 4.79 Å². The van der Waals surface area contributed by atoms with Gasteiger partial charge < -0.3 is 19.9 Å². The molecule has 2 N–H and O–H groups in total. The van der Waals surface area contributed by atoms with E-state index in [1.807, 2.05) is 31.2 Å². The number of rotatable bonds is 7. The predicted octanol–water partition coefficient (Wildman–Crippen LogP) is 3.82. The van der Waals surface area contributed by atoms with Gasteiger partial charge in [-0.3, -0.25) is 10.1 Å². The number of carbonyl (C=O) groups is 1. The highest BCUT2D eigenvalue weighted by Crippen LogP contribution is 2.44. The summed E-state index contributed by atoms with van der Waals surface area (Å²) in [5.74, 6) is 0.340. The van der Waals surface area contributed by atoms with Gasteiger partial charge in [0.1, 0.15) is 0 Å². The number of anilines is 2. The zero-order valence-electron chi connectivity index (χ0n) is 20.1. The number of nitrogens with one attached hydrogen (secondary N) is 2. The third-order valence-corrected chi connectivity index (χ3v) is 7.46. The molecule has 0 saturated carbocycles. The van der Waals surface area contributed by atoms with Gasteiger partial charge in [-0.15, -0.1) is 0 Å². The molecule has 5 rings (SSSR count). The van der Waals surface area contributed by atoms with E-state index in [-0.39, 0.29) is 5.91 Å². The van der Waals surface area contributed by atoms with Gasteiger partial charge in [-0.25, -0.2) is 4.98 Å². The molecule has 3 heterocycles. The van der Waals surface area contributed by atoms with Crippen molar-refractivity contribution < 1.29 is 9.53 Å². The minimum Gasteiger partial charge on any atom is -0.478 e. The van der Waals surface area contributed by atoms with E-state index in [0.29, 0.717) is 24.6 Å². The van der Waals surface area contributed by atoms with Crippen LogP contribution >= 0.6 is 22.6 Å². The molecule has 0 spiro atoms. The van der Waals surface area contributed by atoms with Crippen LogP contribution in [0.4, 0.5) is 11.4 Å². The van der Waals surface area contributed by atoms with E-state index in [1.165, 1.54) is 5.69 Å². The van der Waals surface area contributed by atoms with Gasteiger partial charge in [-0.1, -0.05) is 12.1 Å². The van der Waals surface area contributed by atoms with Crippen molar-refractivity contribution in [3.63, 3.8) is 0 Å². The van der Waals surface area contributed by atoms with Crippen LogP contribution in [0.25, 0.3) is 0 Å². The van der Waals surface area contributed by atoms with Crippen molar-refractivity contribution in [3.05, 3.63) is 81.1 Å². The van der Waals surface area contributed by atoms with Crippen LogP contribution in [0.2, 0.25) is 0 Å². The van der Waals surface area contributed by atoms with Crippen molar-refractivity contribution in [2.75, 3.05) is 50.1 Å². The number of hydrogen-bond donors (Lipinski definition) is 2. The van der Waals surface area contributed by atoms with E-state index in [0.717, 1.165) is 46.6 Å². The number of fused-ring (bicyclic) bond motifs is 1. The molecule has 7 nitrogen and oxygen atoms in total. The van der Waals surface area contributed by atoms with Gasteiger partial charge in [-0.05, 0) is 84.6 Å². The maximum atomic E-state index is 13.7. The summed E-state index contributed by atoms with van der Waals surface area (Å²) < 4.78 is 6.93. The van der Waals surface area contributed by atoms with Crippen LogP contribution in [0.5, 0.6) is 5.88 Å². The molecule has 2 aliphatic heterocycles. The SMILES string of the molecule is CCOc1ncccc1C1(NCc2ccc(N3CCN(C)CC3)cc2)C(=O)Nc2ccc(I)cc21. The van der Waals surface area contributed by atoms with Gasteiger partial charge >= 0.3 is 0 Å². The smallest absolute Gasteiger partial charge is 0.254 e. The first-order chi connectivity index (χ1) is 17.0. The van der Waals surface area contributed by atoms with E-state index in [1.54, 1.807) is 6.20 Å². The number of hydrogen-bond acceptors (Lipinski definition) is 6. The van der Waals surface area contributed by atoms with Gasteiger partial charge in [0, 0.05) is 65.0 Å². The Morgan fingerprint density at radius 1 is 1.09 bits per heavy atom. The molecule has 35 heavy (non-hydrogen) atoms. The highest BCUT2D eigenvalue weighted by Gasteiger charge is 2.50. The number of carbonyl (C=O) groups excluding carboxylic acids is 1. The third kappa shape index (κ3) is 4.62. The summed E-state index contributed by atoms with van der Waals surface area (Å²) in [6, 6.07) is 18.4. The zero-order valence-corrected chi connectivity index (χ0v) is 22.2. The Kier molecular flexibility index (Phi) is 6.95. The lowest BCUT2D eigenvalue weighted by atomic mass is 9.84. The summed E-state index contributed by atoms with van der Waals surface area (Å²) in [6.45, 7) is 7.13. The van der Waals surface area contributed by atoms with Crippen molar-refractivity contribution >= 4 is 39.9 Å². The van der Waals surface area contributed by atoms with Crippen LogP contribution in [0.3, 0.4) is 0 Å². The molecule has 3 aromatic rings. The van der Waals surface area contributed by atoms with Gasteiger partial charge in [-0.2, -0.15) is 0 Å². The van der Waals surface area contributed by atoms with Crippen LogP contribution in [0.15, 0.2) is 60.8 Å². The van der Waals surface area contributed by atoms with Crippen molar-refractivity contribution in [1.29, 1.82) is 0 Å². The zero-order chi connectivity index (χ0) is 24.4.